The molecule has 0 saturated carbocycles. The molecule has 2 aliphatic rings. The zero-order valence-corrected chi connectivity index (χ0v) is 13.9. The van der Waals surface area contributed by atoms with Crippen LogP contribution in [0.1, 0.15) is 18.9 Å². The molecule has 124 valence electrons. The lowest BCUT2D eigenvalue weighted by atomic mass is 10.1. The van der Waals surface area contributed by atoms with Crippen LogP contribution < -0.4 is 0 Å². The fraction of sp³-hybridized carbons (Fsp3) is 0.556. The van der Waals surface area contributed by atoms with Crippen molar-refractivity contribution >= 4 is 11.9 Å². The van der Waals surface area contributed by atoms with E-state index >= 15 is 0 Å². The van der Waals surface area contributed by atoms with Crippen LogP contribution in [0.2, 0.25) is 0 Å². The quantitative estimate of drug-likeness (QED) is 0.844. The highest BCUT2D eigenvalue weighted by atomic mass is 16.2. The van der Waals surface area contributed by atoms with E-state index in [1.807, 2.05) is 23.1 Å². The van der Waals surface area contributed by atoms with Gasteiger partial charge < -0.3 is 9.80 Å². The number of aryl methyl sites for hydroxylation is 1. The van der Waals surface area contributed by atoms with Crippen LogP contribution in [0, 0.1) is 0 Å². The highest BCUT2D eigenvalue weighted by Crippen LogP contribution is 2.13. The van der Waals surface area contributed by atoms with E-state index in [-0.39, 0.29) is 5.91 Å². The van der Waals surface area contributed by atoms with Crippen LogP contribution in [0.15, 0.2) is 35.3 Å². The first-order chi connectivity index (χ1) is 11.3. The molecule has 2 aliphatic heterocycles. The van der Waals surface area contributed by atoms with Gasteiger partial charge in [0.2, 0.25) is 11.9 Å². The van der Waals surface area contributed by atoms with Crippen molar-refractivity contribution in [2.24, 2.45) is 4.99 Å². The Morgan fingerprint density at radius 1 is 1.09 bits per heavy atom. The summed E-state index contributed by atoms with van der Waals surface area (Å²) in [4.78, 5) is 23.8. The molecule has 0 bridgehead atoms. The van der Waals surface area contributed by atoms with Gasteiger partial charge in [-0.3, -0.25) is 14.7 Å². The maximum Gasteiger partial charge on any atom is 0.229 e. The second kappa shape index (κ2) is 7.59. The van der Waals surface area contributed by atoms with E-state index in [4.69, 9.17) is 0 Å². The molecule has 0 unspecified atom stereocenters. The number of piperazine rings is 1. The summed E-state index contributed by atoms with van der Waals surface area (Å²) in [5.41, 5.74) is 1.22. The second-order valence-electron chi connectivity index (χ2n) is 6.13. The van der Waals surface area contributed by atoms with Gasteiger partial charge in [-0.2, -0.15) is 0 Å². The molecule has 1 amide bonds. The number of carbonyl (C=O) groups is 1. The van der Waals surface area contributed by atoms with Crippen molar-refractivity contribution in [1.82, 2.24) is 14.7 Å². The van der Waals surface area contributed by atoms with Crippen molar-refractivity contribution in [2.75, 3.05) is 45.8 Å². The predicted octanol–water partition coefficient (Wildman–Crippen LogP) is 1.45. The summed E-state index contributed by atoms with van der Waals surface area (Å²) < 4.78 is 0. The number of aliphatic imine (C=N–C) groups is 1. The molecule has 3 rings (SSSR count). The van der Waals surface area contributed by atoms with Crippen molar-refractivity contribution in [3.8, 4) is 0 Å². The lowest BCUT2D eigenvalue weighted by Crippen LogP contribution is -2.53. The molecule has 23 heavy (non-hydrogen) atoms. The van der Waals surface area contributed by atoms with Crippen LogP contribution in [0.5, 0.6) is 0 Å². The smallest absolute Gasteiger partial charge is 0.229 e. The number of hydrogen-bond acceptors (Lipinski definition) is 4. The Balaban J connectivity index is 1.55. The Kier molecular flexibility index (Phi) is 5.28. The normalized spacial score (nSPS) is 19.1. The van der Waals surface area contributed by atoms with Gasteiger partial charge in [0.15, 0.2) is 0 Å². The van der Waals surface area contributed by atoms with E-state index in [2.05, 4.69) is 33.8 Å². The Bertz CT molecular complexity index is 549. The van der Waals surface area contributed by atoms with Crippen LogP contribution >= 0.6 is 0 Å². The number of amides is 1. The van der Waals surface area contributed by atoms with Gasteiger partial charge in [0, 0.05) is 39.1 Å². The van der Waals surface area contributed by atoms with E-state index in [0.717, 1.165) is 58.2 Å². The highest BCUT2D eigenvalue weighted by Gasteiger charge is 2.29. The second-order valence-corrected chi connectivity index (χ2v) is 6.13. The lowest BCUT2D eigenvalue weighted by Gasteiger charge is -2.37. The summed E-state index contributed by atoms with van der Waals surface area (Å²) in [7, 11) is 0. The topological polar surface area (TPSA) is 39.1 Å². The Morgan fingerprint density at radius 3 is 2.52 bits per heavy atom. The van der Waals surface area contributed by atoms with Gasteiger partial charge in [0.1, 0.15) is 0 Å². The lowest BCUT2D eigenvalue weighted by molar-refractivity contribution is -0.127. The van der Waals surface area contributed by atoms with E-state index < -0.39 is 0 Å². The van der Waals surface area contributed by atoms with Gasteiger partial charge in [-0.1, -0.05) is 37.3 Å². The molecule has 1 saturated heterocycles. The number of benzene rings is 1. The first-order valence-electron chi connectivity index (χ1n) is 8.64. The highest BCUT2D eigenvalue weighted by molar-refractivity contribution is 5.98. The molecule has 0 aromatic heterocycles. The van der Waals surface area contributed by atoms with E-state index in [9.17, 15) is 4.79 Å². The molecule has 0 radical (unpaired) electrons. The number of likely N-dealkylation sites (N-methyl/N-ethyl adjacent to an activating group) is 1. The number of carbonyl (C=O) groups excluding carboxylic acids is 1. The van der Waals surface area contributed by atoms with Crippen LogP contribution in [-0.2, 0) is 11.2 Å². The van der Waals surface area contributed by atoms with Gasteiger partial charge >= 0.3 is 0 Å². The van der Waals surface area contributed by atoms with Gasteiger partial charge in [-0.15, -0.1) is 0 Å². The Morgan fingerprint density at radius 2 is 1.83 bits per heavy atom. The number of nitrogens with zero attached hydrogens (tertiary/aromatic N) is 4. The van der Waals surface area contributed by atoms with Crippen molar-refractivity contribution < 1.29 is 4.79 Å². The zero-order chi connectivity index (χ0) is 16.1. The summed E-state index contributed by atoms with van der Waals surface area (Å²) in [6.45, 7) is 8.81. The van der Waals surface area contributed by atoms with Gasteiger partial charge in [-0.05, 0) is 18.5 Å². The molecule has 1 aromatic rings. The summed E-state index contributed by atoms with van der Waals surface area (Å²) >= 11 is 0. The standard InChI is InChI=1S/C18H26N4O/c1-2-20-12-14-21(15-13-20)18-19-10-11-22(18)17(23)9-8-16-6-4-3-5-7-16/h3-7H,2,8-15H2,1H3. The summed E-state index contributed by atoms with van der Waals surface area (Å²) in [5, 5.41) is 0. The molecule has 0 spiro atoms. The third kappa shape index (κ3) is 3.91. The molecule has 0 atom stereocenters. The Labute approximate surface area is 138 Å². The fourth-order valence-electron chi connectivity index (χ4n) is 3.24. The largest absolute Gasteiger partial charge is 0.340 e. The molecule has 2 heterocycles. The fourth-order valence-corrected chi connectivity index (χ4v) is 3.24. The summed E-state index contributed by atoms with van der Waals surface area (Å²) in [6, 6.07) is 10.2. The SMILES string of the molecule is CCN1CCN(C2=NCCN2C(=O)CCc2ccccc2)CC1. The first-order valence-corrected chi connectivity index (χ1v) is 8.64. The van der Waals surface area contributed by atoms with Crippen molar-refractivity contribution in [1.29, 1.82) is 0 Å². The molecule has 1 fully saturated rings. The van der Waals surface area contributed by atoms with Gasteiger partial charge in [0.25, 0.3) is 0 Å². The molecule has 0 N–H and O–H groups in total. The van der Waals surface area contributed by atoms with Crippen LogP contribution in [-0.4, -0.2) is 72.4 Å². The summed E-state index contributed by atoms with van der Waals surface area (Å²) in [6.07, 6.45) is 1.35. The maximum atomic E-state index is 12.6. The van der Waals surface area contributed by atoms with Crippen molar-refractivity contribution in [3.63, 3.8) is 0 Å². The molecule has 1 aromatic carbocycles. The number of rotatable bonds is 4. The van der Waals surface area contributed by atoms with Crippen LogP contribution in [0.25, 0.3) is 0 Å². The minimum absolute atomic E-state index is 0.197. The predicted molar refractivity (Wildman–Crippen MR) is 92.5 cm³/mol. The first kappa shape index (κ1) is 16.0. The average molecular weight is 314 g/mol. The molecule has 5 nitrogen and oxygen atoms in total. The molecule has 5 heteroatoms. The van der Waals surface area contributed by atoms with E-state index in [1.54, 1.807) is 0 Å². The average Bonchev–Trinajstić information content (AvgIpc) is 3.10. The third-order valence-electron chi connectivity index (χ3n) is 4.69. The minimum atomic E-state index is 0.197. The third-order valence-corrected chi connectivity index (χ3v) is 4.69. The number of guanidine groups is 1. The van der Waals surface area contributed by atoms with Gasteiger partial charge in [0.05, 0.1) is 6.54 Å². The molecule has 0 aliphatic carbocycles. The summed E-state index contributed by atoms with van der Waals surface area (Å²) in [5.74, 6) is 1.10. The van der Waals surface area contributed by atoms with Gasteiger partial charge in [-0.25, -0.2) is 0 Å². The van der Waals surface area contributed by atoms with E-state index in [0.29, 0.717) is 6.42 Å². The molecular formula is C18H26N4O. The van der Waals surface area contributed by atoms with E-state index in [1.165, 1.54) is 5.56 Å². The minimum Gasteiger partial charge on any atom is -0.340 e. The maximum absolute atomic E-state index is 12.6. The van der Waals surface area contributed by atoms with Crippen molar-refractivity contribution in [2.45, 2.75) is 19.8 Å². The monoisotopic (exact) mass is 314 g/mol. The van der Waals surface area contributed by atoms with Crippen LogP contribution in [0.4, 0.5) is 0 Å². The van der Waals surface area contributed by atoms with Crippen LogP contribution in [0.3, 0.4) is 0 Å². The van der Waals surface area contributed by atoms with Crippen molar-refractivity contribution in [3.05, 3.63) is 35.9 Å². The Hall–Kier alpha value is -1.88. The molecular weight excluding hydrogens is 288 g/mol. The zero-order valence-electron chi connectivity index (χ0n) is 13.9. The number of hydrogen-bond donors (Lipinski definition) is 0.